The molecule has 0 atom stereocenters. The van der Waals surface area contributed by atoms with Gasteiger partial charge in [0.25, 0.3) is 5.91 Å². The Morgan fingerprint density at radius 1 is 1.24 bits per heavy atom. The fraction of sp³-hybridized carbons (Fsp3) is 0.263. The molecule has 0 unspecified atom stereocenters. The van der Waals surface area contributed by atoms with Crippen molar-refractivity contribution in [2.45, 2.75) is 18.2 Å². The van der Waals surface area contributed by atoms with Crippen molar-refractivity contribution in [2.24, 2.45) is 0 Å². The van der Waals surface area contributed by atoms with Crippen molar-refractivity contribution in [3.05, 3.63) is 57.1 Å². The highest BCUT2D eigenvalue weighted by atomic mass is 35.5. The largest absolute Gasteiger partial charge is 0.490 e. The summed E-state index contributed by atoms with van der Waals surface area (Å²) < 4.78 is 9.95. The lowest BCUT2D eigenvalue weighted by molar-refractivity contribution is -0.385. The number of methoxy groups -OCH3 is 1. The lowest BCUT2D eigenvalue weighted by Gasteiger charge is -2.11. The molecule has 0 fully saturated rings. The van der Waals surface area contributed by atoms with Gasteiger partial charge in [0, 0.05) is 33.5 Å². The van der Waals surface area contributed by atoms with Crippen LogP contribution in [0.1, 0.15) is 12.0 Å². The Balaban J connectivity index is 1.81. The molecule has 10 heteroatoms. The molecule has 0 aliphatic carbocycles. The van der Waals surface area contributed by atoms with Crippen LogP contribution in [0.2, 0.25) is 5.02 Å². The molecule has 2 aromatic rings. The first kappa shape index (κ1) is 22.5. The summed E-state index contributed by atoms with van der Waals surface area (Å²) >= 11 is 7.29. The van der Waals surface area contributed by atoms with E-state index < -0.39 is 23.4 Å². The van der Waals surface area contributed by atoms with E-state index in [1.807, 2.05) is 12.1 Å². The molecule has 0 spiro atoms. The van der Waals surface area contributed by atoms with E-state index in [4.69, 9.17) is 21.1 Å². The van der Waals surface area contributed by atoms with E-state index in [2.05, 4.69) is 5.32 Å². The van der Waals surface area contributed by atoms with Crippen molar-refractivity contribution in [1.29, 1.82) is 0 Å². The second-order valence-corrected chi connectivity index (χ2v) is 7.46. The number of rotatable bonds is 9. The van der Waals surface area contributed by atoms with E-state index in [-0.39, 0.29) is 17.9 Å². The Morgan fingerprint density at radius 2 is 1.93 bits per heavy atom. The molecule has 2 rings (SSSR count). The molecular formula is C19H19ClN2O6S. The Kier molecular flexibility index (Phi) is 8.29. The van der Waals surface area contributed by atoms with Crippen molar-refractivity contribution in [3.8, 4) is 5.75 Å². The third-order valence-corrected chi connectivity index (χ3v) is 5.02. The summed E-state index contributed by atoms with van der Waals surface area (Å²) in [6.07, 6.45) is 0.144. The highest BCUT2D eigenvalue weighted by molar-refractivity contribution is 7.99. The van der Waals surface area contributed by atoms with Crippen LogP contribution in [0.25, 0.3) is 0 Å². The third-order valence-electron chi connectivity index (χ3n) is 3.75. The van der Waals surface area contributed by atoms with Gasteiger partial charge in [0.15, 0.2) is 12.4 Å². The summed E-state index contributed by atoms with van der Waals surface area (Å²) in [6, 6.07) is 9.90. The van der Waals surface area contributed by atoms with Gasteiger partial charge in [-0.3, -0.25) is 19.7 Å². The molecule has 0 saturated heterocycles. The summed E-state index contributed by atoms with van der Waals surface area (Å²) in [5.41, 5.74) is 0.621. The smallest absolute Gasteiger partial charge is 0.311 e. The molecular weight excluding hydrogens is 420 g/mol. The van der Waals surface area contributed by atoms with E-state index in [9.17, 15) is 19.7 Å². The summed E-state index contributed by atoms with van der Waals surface area (Å²) in [7, 11) is 1.30. The Morgan fingerprint density at radius 3 is 2.55 bits per heavy atom. The molecule has 1 N–H and O–H groups in total. The fourth-order valence-electron chi connectivity index (χ4n) is 2.30. The summed E-state index contributed by atoms with van der Waals surface area (Å²) in [6.45, 7) is 1.16. The maximum absolute atomic E-state index is 12.0. The van der Waals surface area contributed by atoms with E-state index in [1.54, 1.807) is 19.1 Å². The number of nitrogens with one attached hydrogen (secondary N) is 1. The number of hydrogen-bond acceptors (Lipinski definition) is 7. The zero-order valence-corrected chi connectivity index (χ0v) is 17.3. The Labute approximate surface area is 176 Å². The van der Waals surface area contributed by atoms with Crippen LogP contribution in [-0.2, 0) is 14.3 Å². The van der Waals surface area contributed by atoms with Crippen molar-refractivity contribution in [2.75, 3.05) is 24.8 Å². The number of carbonyl (C=O) groups excluding carboxylic acids is 2. The van der Waals surface area contributed by atoms with E-state index in [0.717, 1.165) is 4.90 Å². The standard InChI is InChI=1S/C19H19ClN2O6S/c1-12-9-16(22(25)26)17(27-2)10-15(12)21-18(23)11-28-19(24)7-8-29-14-5-3-13(20)4-6-14/h3-6,9-10H,7-8,11H2,1-2H3,(H,21,23). The molecule has 0 aliphatic rings. The average Bonchev–Trinajstić information content (AvgIpc) is 2.69. The first-order valence-corrected chi connectivity index (χ1v) is 9.83. The summed E-state index contributed by atoms with van der Waals surface area (Å²) in [4.78, 5) is 35.2. The van der Waals surface area contributed by atoms with Crippen molar-refractivity contribution in [1.82, 2.24) is 0 Å². The molecule has 0 radical (unpaired) electrons. The van der Waals surface area contributed by atoms with Gasteiger partial charge >= 0.3 is 11.7 Å². The molecule has 154 valence electrons. The van der Waals surface area contributed by atoms with Crippen LogP contribution in [0.5, 0.6) is 5.75 Å². The van der Waals surface area contributed by atoms with Gasteiger partial charge in [0.1, 0.15) is 0 Å². The fourth-order valence-corrected chi connectivity index (χ4v) is 3.26. The molecule has 0 aliphatic heterocycles. The molecule has 0 saturated carbocycles. The van der Waals surface area contributed by atoms with Crippen LogP contribution in [0.4, 0.5) is 11.4 Å². The number of amides is 1. The highest BCUT2D eigenvalue weighted by Crippen LogP contribution is 2.32. The molecule has 29 heavy (non-hydrogen) atoms. The minimum absolute atomic E-state index is 0.0205. The highest BCUT2D eigenvalue weighted by Gasteiger charge is 2.18. The van der Waals surface area contributed by atoms with Crippen LogP contribution in [0.15, 0.2) is 41.3 Å². The van der Waals surface area contributed by atoms with Gasteiger partial charge in [-0.25, -0.2) is 0 Å². The number of halogens is 1. The van der Waals surface area contributed by atoms with Gasteiger partial charge in [0.2, 0.25) is 0 Å². The first-order valence-electron chi connectivity index (χ1n) is 8.47. The third kappa shape index (κ3) is 6.95. The monoisotopic (exact) mass is 438 g/mol. The Bertz CT molecular complexity index is 904. The lowest BCUT2D eigenvalue weighted by Crippen LogP contribution is -2.21. The predicted molar refractivity (Wildman–Crippen MR) is 111 cm³/mol. The van der Waals surface area contributed by atoms with Crippen LogP contribution in [0.3, 0.4) is 0 Å². The number of hydrogen-bond donors (Lipinski definition) is 1. The minimum Gasteiger partial charge on any atom is -0.490 e. The van der Waals surface area contributed by atoms with Crippen molar-refractivity contribution < 1.29 is 24.0 Å². The maximum Gasteiger partial charge on any atom is 0.311 e. The van der Waals surface area contributed by atoms with Crippen LogP contribution < -0.4 is 10.1 Å². The zero-order chi connectivity index (χ0) is 21.4. The number of nitro groups is 1. The number of esters is 1. The maximum atomic E-state index is 12.0. The normalized spacial score (nSPS) is 10.3. The number of ether oxygens (including phenoxy) is 2. The summed E-state index contributed by atoms with van der Waals surface area (Å²) in [5, 5.41) is 14.2. The van der Waals surface area contributed by atoms with Crippen molar-refractivity contribution >= 4 is 46.6 Å². The number of thioether (sulfide) groups is 1. The topological polar surface area (TPSA) is 108 Å². The van der Waals surface area contributed by atoms with Gasteiger partial charge in [0.05, 0.1) is 18.5 Å². The van der Waals surface area contributed by atoms with E-state index >= 15 is 0 Å². The van der Waals surface area contributed by atoms with Gasteiger partial charge < -0.3 is 14.8 Å². The number of nitrogens with zero attached hydrogens (tertiary/aromatic N) is 1. The minimum atomic E-state index is -0.568. The summed E-state index contributed by atoms with van der Waals surface area (Å²) in [5.74, 6) is -0.532. The molecule has 8 nitrogen and oxygen atoms in total. The second kappa shape index (κ2) is 10.7. The Hall–Kier alpha value is -2.78. The second-order valence-electron chi connectivity index (χ2n) is 5.86. The van der Waals surface area contributed by atoms with Crippen LogP contribution in [-0.4, -0.2) is 36.3 Å². The number of aryl methyl sites for hydroxylation is 1. The molecule has 0 aromatic heterocycles. The average molecular weight is 439 g/mol. The predicted octanol–water partition coefficient (Wildman–Crippen LogP) is 4.23. The van der Waals surface area contributed by atoms with E-state index in [0.29, 0.717) is 22.0 Å². The number of anilines is 1. The first-order chi connectivity index (χ1) is 13.8. The number of benzene rings is 2. The van der Waals surface area contributed by atoms with E-state index in [1.165, 1.54) is 31.0 Å². The van der Waals surface area contributed by atoms with Gasteiger partial charge in [-0.15, -0.1) is 11.8 Å². The van der Waals surface area contributed by atoms with Gasteiger partial charge in [-0.2, -0.15) is 0 Å². The number of nitro benzene ring substituents is 1. The van der Waals surface area contributed by atoms with Gasteiger partial charge in [-0.05, 0) is 36.8 Å². The molecule has 0 bridgehead atoms. The zero-order valence-electron chi connectivity index (χ0n) is 15.8. The lowest BCUT2D eigenvalue weighted by atomic mass is 10.1. The van der Waals surface area contributed by atoms with Crippen molar-refractivity contribution in [3.63, 3.8) is 0 Å². The van der Waals surface area contributed by atoms with Gasteiger partial charge in [-0.1, -0.05) is 11.6 Å². The van der Waals surface area contributed by atoms with Crippen LogP contribution in [0, 0.1) is 17.0 Å². The molecule has 2 aromatic carbocycles. The quantitative estimate of drug-likeness (QED) is 0.270. The SMILES string of the molecule is COc1cc(NC(=O)COC(=O)CCSc2ccc(Cl)cc2)c(C)cc1[N+](=O)[O-]. The number of carbonyl (C=O) groups is 2. The molecule has 0 heterocycles. The van der Waals surface area contributed by atoms with Crippen LogP contribution >= 0.6 is 23.4 Å². The molecule has 1 amide bonds.